The molecule has 0 amide bonds. The summed E-state index contributed by atoms with van der Waals surface area (Å²) < 4.78 is 24.2. The van der Waals surface area contributed by atoms with Crippen LogP contribution in [0.15, 0.2) is 24.3 Å². The molecule has 2 aliphatic rings. The van der Waals surface area contributed by atoms with Crippen molar-refractivity contribution in [2.24, 2.45) is 0 Å². The summed E-state index contributed by atoms with van der Waals surface area (Å²) in [7, 11) is -0.878. The third-order valence-electron chi connectivity index (χ3n) is 4.92. The number of piperidine rings is 1. The number of hydrogen-bond acceptors (Lipinski definition) is 3. The van der Waals surface area contributed by atoms with Crippen LogP contribution in [0.5, 0.6) is 0 Å². The summed E-state index contributed by atoms with van der Waals surface area (Å²) >= 11 is 0. The largest absolute Gasteiger partial charge is 0.306 e. The lowest BCUT2D eigenvalue weighted by Crippen LogP contribution is -2.39. The first kappa shape index (κ1) is 13.1. The van der Waals surface area contributed by atoms with E-state index in [2.05, 4.69) is 18.0 Å². The monoisotopic (exact) mass is 279 g/mol. The van der Waals surface area contributed by atoms with Crippen molar-refractivity contribution in [3.63, 3.8) is 0 Å². The molecule has 1 saturated heterocycles. The standard InChI is InChI=1S/C15H21NO2S/c1-16-9-7-15(8-10-16)11-14(19(2,17)18)12-5-3-4-6-13(12)15/h3-6,14H,7-11H2,1-2H3. The normalized spacial score (nSPS) is 26.5. The second kappa shape index (κ2) is 4.32. The number of benzene rings is 1. The average Bonchev–Trinajstić information content (AvgIpc) is 2.69. The van der Waals surface area contributed by atoms with Crippen molar-refractivity contribution >= 4 is 9.84 Å². The fourth-order valence-corrected chi connectivity index (χ4v) is 5.03. The highest BCUT2D eigenvalue weighted by atomic mass is 32.2. The lowest BCUT2D eigenvalue weighted by molar-refractivity contribution is 0.186. The Labute approximate surface area is 115 Å². The van der Waals surface area contributed by atoms with Gasteiger partial charge in [-0.2, -0.15) is 0 Å². The van der Waals surface area contributed by atoms with Crippen molar-refractivity contribution in [3.8, 4) is 0 Å². The van der Waals surface area contributed by atoms with Gasteiger partial charge in [-0.1, -0.05) is 24.3 Å². The molecule has 1 heterocycles. The van der Waals surface area contributed by atoms with E-state index in [4.69, 9.17) is 0 Å². The topological polar surface area (TPSA) is 37.4 Å². The van der Waals surface area contributed by atoms with Gasteiger partial charge in [0.25, 0.3) is 0 Å². The van der Waals surface area contributed by atoms with Gasteiger partial charge in [-0.05, 0) is 55.9 Å². The van der Waals surface area contributed by atoms with Crippen LogP contribution in [0.25, 0.3) is 0 Å². The minimum Gasteiger partial charge on any atom is -0.306 e. The van der Waals surface area contributed by atoms with Gasteiger partial charge >= 0.3 is 0 Å². The zero-order valence-corrected chi connectivity index (χ0v) is 12.4. The van der Waals surface area contributed by atoms with Crippen LogP contribution in [0, 0.1) is 0 Å². The molecule has 1 aromatic rings. The Bertz CT molecular complexity index is 586. The predicted octanol–water partition coefficient (Wildman–Crippen LogP) is 2.14. The third kappa shape index (κ3) is 2.11. The van der Waals surface area contributed by atoms with E-state index in [-0.39, 0.29) is 10.7 Å². The van der Waals surface area contributed by atoms with Crippen LogP contribution in [0.1, 0.15) is 35.6 Å². The Hall–Kier alpha value is -0.870. The van der Waals surface area contributed by atoms with Gasteiger partial charge in [0.2, 0.25) is 0 Å². The Morgan fingerprint density at radius 1 is 1.21 bits per heavy atom. The van der Waals surface area contributed by atoms with Crippen LogP contribution in [0.3, 0.4) is 0 Å². The summed E-state index contributed by atoms with van der Waals surface area (Å²) in [5.74, 6) is 0. The van der Waals surface area contributed by atoms with Gasteiger partial charge in [0.05, 0.1) is 5.25 Å². The highest BCUT2D eigenvalue weighted by Gasteiger charge is 2.47. The molecule has 1 aliphatic carbocycles. The predicted molar refractivity (Wildman–Crippen MR) is 77.1 cm³/mol. The van der Waals surface area contributed by atoms with Gasteiger partial charge in [-0.25, -0.2) is 8.42 Å². The summed E-state index contributed by atoms with van der Waals surface area (Å²) in [6.45, 7) is 2.12. The minimum atomic E-state index is -3.02. The van der Waals surface area contributed by atoms with Crippen LogP contribution in [0.2, 0.25) is 0 Å². The average molecular weight is 279 g/mol. The fourth-order valence-electron chi connectivity index (χ4n) is 3.74. The quantitative estimate of drug-likeness (QED) is 0.790. The molecular weight excluding hydrogens is 258 g/mol. The van der Waals surface area contributed by atoms with Gasteiger partial charge in [0.1, 0.15) is 0 Å². The summed E-state index contributed by atoms with van der Waals surface area (Å²) in [6, 6.07) is 8.16. The second-order valence-corrected chi connectivity index (χ2v) is 8.42. The lowest BCUT2D eigenvalue weighted by atomic mass is 9.74. The van der Waals surface area contributed by atoms with Crippen molar-refractivity contribution in [1.29, 1.82) is 0 Å². The van der Waals surface area contributed by atoms with Gasteiger partial charge < -0.3 is 4.90 Å². The molecule has 0 radical (unpaired) electrons. The smallest absolute Gasteiger partial charge is 0.154 e. The molecule has 1 atom stereocenters. The summed E-state index contributed by atoms with van der Waals surface area (Å²) in [4.78, 5) is 2.33. The third-order valence-corrected chi connectivity index (χ3v) is 6.37. The van der Waals surface area contributed by atoms with E-state index in [1.54, 1.807) is 0 Å². The van der Waals surface area contributed by atoms with Crippen molar-refractivity contribution in [1.82, 2.24) is 4.90 Å². The zero-order valence-electron chi connectivity index (χ0n) is 11.6. The van der Waals surface area contributed by atoms with Gasteiger partial charge in [-0.15, -0.1) is 0 Å². The Kier molecular flexibility index (Phi) is 2.98. The molecule has 19 heavy (non-hydrogen) atoms. The van der Waals surface area contributed by atoms with E-state index in [1.165, 1.54) is 11.8 Å². The number of likely N-dealkylation sites (tertiary alicyclic amines) is 1. The lowest BCUT2D eigenvalue weighted by Gasteiger charge is -2.38. The summed E-state index contributed by atoms with van der Waals surface area (Å²) in [6.07, 6.45) is 4.31. The Balaban J connectivity index is 2.07. The molecule has 1 aliphatic heterocycles. The summed E-state index contributed by atoms with van der Waals surface area (Å²) in [5, 5.41) is -0.299. The molecule has 0 bridgehead atoms. The highest BCUT2D eigenvalue weighted by Crippen LogP contribution is 2.52. The first-order chi connectivity index (χ1) is 8.92. The second-order valence-electron chi connectivity index (χ2n) is 6.19. The van der Waals surface area contributed by atoms with E-state index >= 15 is 0 Å². The van der Waals surface area contributed by atoms with Gasteiger partial charge in [0, 0.05) is 6.26 Å². The molecule has 0 N–H and O–H groups in total. The van der Waals surface area contributed by atoms with Crippen molar-refractivity contribution < 1.29 is 8.42 Å². The van der Waals surface area contributed by atoms with Crippen LogP contribution in [0.4, 0.5) is 0 Å². The van der Waals surface area contributed by atoms with E-state index < -0.39 is 9.84 Å². The van der Waals surface area contributed by atoms with Crippen molar-refractivity contribution in [3.05, 3.63) is 35.4 Å². The number of sulfone groups is 1. The first-order valence-corrected chi connectivity index (χ1v) is 8.85. The molecule has 1 unspecified atom stereocenters. The van der Waals surface area contributed by atoms with E-state index in [0.29, 0.717) is 0 Å². The van der Waals surface area contributed by atoms with Crippen LogP contribution >= 0.6 is 0 Å². The number of hydrogen-bond donors (Lipinski definition) is 0. The molecule has 1 fully saturated rings. The minimum absolute atomic E-state index is 0.0941. The molecule has 0 aromatic heterocycles. The molecule has 1 aromatic carbocycles. The summed E-state index contributed by atoms with van der Waals surface area (Å²) in [5.41, 5.74) is 2.43. The zero-order chi connectivity index (χ0) is 13.7. The van der Waals surface area contributed by atoms with Crippen molar-refractivity contribution in [2.45, 2.75) is 29.9 Å². The van der Waals surface area contributed by atoms with Gasteiger partial charge in [0.15, 0.2) is 9.84 Å². The van der Waals surface area contributed by atoms with E-state index in [0.717, 1.165) is 37.9 Å². The fraction of sp³-hybridized carbons (Fsp3) is 0.600. The maximum absolute atomic E-state index is 12.1. The Morgan fingerprint density at radius 2 is 1.84 bits per heavy atom. The molecule has 3 nitrogen and oxygen atoms in total. The van der Waals surface area contributed by atoms with E-state index in [9.17, 15) is 8.42 Å². The first-order valence-electron chi connectivity index (χ1n) is 6.89. The molecule has 4 heteroatoms. The van der Waals surface area contributed by atoms with Crippen LogP contribution in [-0.2, 0) is 15.3 Å². The SMILES string of the molecule is CN1CCC2(CC1)CC(S(C)(=O)=O)c1ccccc12. The highest BCUT2D eigenvalue weighted by molar-refractivity contribution is 7.90. The van der Waals surface area contributed by atoms with Gasteiger partial charge in [-0.3, -0.25) is 0 Å². The van der Waals surface area contributed by atoms with Crippen LogP contribution in [-0.4, -0.2) is 39.7 Å². The molecule has 3 rings (SSSR count). The number of rotatable bonds is 1. The molecular formula is C15H21NO2S. The molecule has 104 valence electrons. The maximum Gasteiger partial charge on any atom is 0.154 e. The van der Waals surface area contributed by atoms with E-state index in [1.807, 2.05) is 18.2 Å². The molecule has 1 spiro atoms. The maximum atomic E-state index is 12.1. The molecule has 0 saturated carbocycles. The Morgan fingerprint density at radius 3 is 2.47 bits per heavy atom. The van der Waals surface area contributed by atoms with Crippen molar-refractivity contribution in [2.75, 3.05) is 26.4 Å². The number of fused-ring (bicyclic) bond motifs is 2. The number of nitrogens with zero attached hydrogens (tertiary/aromatic N) is 1. The van der Waals surface area contributed by atoms with Crippen LogP contribution < -0.4 is 0 Å².